The van der Waals surface area contributed by atoms with Crippen molar-refractivity contribution in [3.63, 3.8) is 0 Å². The van der Waals surface area contributed by atoms with Gasteiger partial charge in [0.1, 0.15) is 5.82 Å². The van der Waals surface area contributed by atoms with Crippen molar-refractivity contribution in [2.24, 2.45) is 0 Å². The zero-order valence-electron chi connectivity index (χ0n) is 11.7. The summed E-state index contributed by atoms with van der Waals surface area (Å²) >= 11 is 0. The fraction of sp³-hybridized carbons (Fsp3) is 0.375. The van der Waals surface area contributed by atoms with Gasteiger partial charge in [-0.2, -0.15) is 0 Å². The van der Waals surface area contributed by atoms with Crippen molar-refractivity contribution < 1.29 is 4.39 Å². The van der Waals surface area contributed by atoms with Gasteiger partial charge in [-0.25, -0.2) is 4.39 Å². The molecule has 3 heteroatoms. The zero-order chi connectivity index (χ0) is 14.1. The molecule has 0 saturated carbocycles. The van der Waals surface area contributed by atoms with E-state index in [9.17, 15) is 4.39 Å². The Morgan fingerprint density at radius 1 is 1.26 bits per heavy atom. The van der Waals surface area contributed by atoms with Crippen LogP contribution in [-0.2, 0) is 6.54 Å². The van der Waals surface area contributed by atoms with E-state index in [0.29, 0.717) is 18.8 Å². The van der Waals surface area contributed by atoms with Crippen LogP contribution in [0.5, 0.6) is 0 Å². The molecule has 104 valence electrons. The Hall–Kier alpha value is -1.61. The van der Waals surface area contributed by atoms with Gasteiger partial charge in [-0.3, -0.25) is 0 Å². The molecule has 0 radical (unpaired) electrons. The second-order valence-corrected chi connectivity index (χ2v) is 4.44. The number of nitrogens with zero attached hydrogens (tertiary/aromatic N) is 1. The molecule has 0 bridgehead atoms. The summed E-state index contributed by atoms with van der Waals surface area (Å²) in [5.41, 5.74) is 1.69. The Balaban J connectivity index is 2.87. The van der Waals surface area contributed by atoms with Gasteiger partial charge in [0.15, 0.2) is 0 Å². The molecule has 1 rings (SSSR count). The lowest BCUT2D eigenvalue weighted by Crippen LogP contribution is -2.24. The highest BCUT2D eigenvalue weighted by atomic mass is 19.1. The Labute approximate surface area is 115 Å². The lowest BCUT2D eigenvalue weighted by Gasteiger charge is -2.23. The molecular weight excluding hydrogens is 239 g/mol. The number of hydrogen-bond donors (Lipinski definition) is 1. The summed E-state index contributed by atoms with van der Waals surface area (Å²) in [5, 5.41) is 3.32. The van der Waals surface area contributed by atoms with Crippen LogP contribution in [0, 0.1) is 5.82 Å². The van der Waals surface area contributed by atoms with E-state index < -0.39 is 0 Å². The molecule has 0 heterocycles. The molecule has 0 aliphatic carbocycles. The molecule has 19 heavy (non-hydrogen) atoms. The maximum absolute atomic E-state index is 13.9. The van der Waals surface area contributed by atoms with Crippen molar-refractivity contribution in [1.82, 2.24) is 5.32 Å². The average Bonchev–Trinajstić information content (AvgIpc) is 2.41. The summed E-state index contributed by atoms with van der Waals surface area (Å²) in [4.78, 5) is 1.92. The Morgan fingerprint density at radius 3 is 2.53 bits per heavy atom. The number of anilines is 1. The fourth-order valence-electron chi connectivity index (χ4n) is 1.90. The van der Waals surface area contributed by atoms with Gasteiger partial charge in [-0.05, 0) is 30.7 Å². The van der Waals surface area contributed by atoms with E-state index in [4.69, 9.17) is 0 Å². The summed E-state index contributed by atoms with van der Waals surface area (Å²) < 4.78 is 13.9. The van der Waals surface area contributed by atoms with E-state index in [2.05, 4.69) is 25.4 Å². The molecule has 1 N–H and O–H groups in total. The third kappa shape index (κ3) is 4.87. The van der Waals surface area contributed by atoms with Crippen LogP contribution in [0.2, 0.25) is 0 Å². The average molecular weight is 262 g/mol. The van der Waals surface area contributed by atoms with E-state index in [0.717, 1.165) is 25.1 Å². The monoisotopic (exact) mass is 262 g/mol. The van der Waals surface area contributed by atoms with Crippen LogP contribution >= 0.6 is 0 Å². The molecule has 0 atom stereocenters. The summed E-state index contributed by atoms with van der Waals surface area (Å²) in [7, 11) is 0. The van der Waals surface area contributed by atoms with Crippen LogP contribution in [0.3, 0.4) is 0 Å². The number of nitrogens with one attached hydrogen (secondary N) is 1. The predicted octanol–water partition coefficient (Wildman–Crippen LogP) is 3.50. The number of hydrogen-bond acceptors (Lipinski definition) is 2. The van der Waals surface area contributed by atoms with Gasteiger partial charge in [0.25, 0.3) is 0 Å². The molecule has 0 aromatic heterocycles. The first-order valence-electron chi connectivity index (χ1n) is 6.68. The quantitative estimate of drug-likeness (QED) is 0.541. The van der Waals surface area contributed by atoms with Crippen LogP contribution < -0.4 is 10.2 Å². The van der Waals surface area contributed by atoms with Gasteiger partial charge in [-0.1, -0.05) is 25.1 Å². The van der Waals surface area contributed by atoms with Crippen molar-refractivity contribution in [2.75, 3.05) is 24.5 Å². The standard InChI is InChI=1S/C16H23FN2/c1-4-9-18-13-14-7-8-15(17)16(12-14)19(10-5-2)11-6-3/h5-8,12,18H,2-4,9-11,13H2,1H3. The van der Waals surface area contributed by atoms with Gasteiger partial charge < -0.3 is 10.2 Å². The topological polar surface area (TPSA) is 15.3 Å². The van der Waals surface area contributed by atoms with Crippen LogP contribution in [0.25, 0.3) is 0 Å². The van der Waals surface area contributed by atoms with Crippen molar-refractivity contribution >= 4 is 5.69 Å². The SMILES string of the molecule is C=CCN(CC=C)c1cc(CNCCC)ccc1F. The number of benzene rings is 1. The van der Waals surface area contributed by atoms with Gasteiger partial charge >= 0.3 is 0 Å². The summed E-state index contributed by atoms with van der Waals surface area (Å²) in [6.45, 7) is 12.5. The van der Waals surface area contributed by atoms with E-state index in [-0.39, 0.29) is 5.82 Å². The highest BCUT2D eigenvalue weighted by Crippen LogP contribution is 2.21. The molecule has 2 nitrogen and oxygen atoms in total. The lowest BCUT2D eigenvalue weighted by molar-refractivity contribution is 0.619. The van der Waals surface area contributed by atoms with Crippen molar-refractivity contribution in [3.05, 3.63) is 54.9 Å². The number of halogens is 1. The Kier molecular flexibility index (Phi) is 6.90. The van der Waals surface area contributed by atoms with Crippen LogP contribution in [0.4, 0.5) is 10.1 Å². The van der Waals surface area contributed by atoms with Crippen molar-refractivity contribution in [1.29, 1.82) is 0 Å². The second-order valence-electron chi connectivity index (χ2n) is 4.44. The minimum absolute atomic E-state index is 0.206. The second kappa shape index (κ2) is 8.48. The number of rotatable bonds is 9. The maximum Gasteiger partial charge on any atom is 0.146 e. The molecule has 0 aliphatic rings. The molecule has 0 amide bonds. The Bertz CT molecular complexity index is 405. The first-order valence-corrected chi connectivity index (χ1v) is 6.68. The van der Waals surface area contributed by atoms with E-state index in [1.54, 1.807) is 12.2 Å². The molecule has 1 aromatic rings. The summed E-state index contributed by atoms with van der Waals surface area (Å²) in [6, 6.07) is 5.24. The molecular formula is C16H23FN2. The van der Waals surface area contributed by atoms with Gasteiger partial charge in [0.2, 0.25) is 0 Å². The first-order chi connectivity index (χ1) is 9.22. The molecule has 0 fully saturated rings. The van der Waals surface area contributed by atoms with Crippen LogP contribution in [0.15, 0.2) is 43.5 Å². The highest BCUT2D eigenvalue weighted by molar-refractivity contribution is 5.51. The van der Waals surface area contributed by atoms with E-state index >= 15 is 0 Å². The fourth-order valence-corrected chi connectivity index (χ4v) is 1.90. The molecule has 1 aromatic carbocycles. The Morgan fingerprint density at radius 2 is 1.95 bits per heavy atom. The highest BCUT2D eigenvalue weighted by Gasteiger charge is 2.10. The first kappa shape index (κ1) is 15.4. The third-order valence-electron chi connectivity index (χ3n) is 2.81. The predicted molar refractivity (Wildman–Crippen MR) is 81.0 cm³/mol. The minimum Gasteiger partial charge on any atom is -0.362 e. The normalized spacial score (nSPS) is 10.2. The lowest BCUT2D eigenvalue weighted by atomic mass is 10.1. The zero-order valence-corrected chi connectivity index (χ0v) is 11.7. The maximum atomic E-state index is 13.9. The van der Waals surface area contributed by atoms with E-state index in [1.165, 1.54) is 6.07 Å². The van der Waals surface area contributed by atoms with Gasteiger partial charge in [-0.15, -0.1) is 13.2 Å². The third-order valence-corrected chi connectivity index (χ3v) is 2.81. The van der Waals surface area contributed by atoms with Crippen molar-refractivity contribution in [3.8, 4) is 0 Å². The molecule has 0 saturated heterocycles. The molecule has 0 spiro atoms. The van der Waals surface area contributed by atoms with Gasteiger partial charge in [0.05, 0.1) is 5.69 Å². The van der Waals surface area contributed by atoms with E-state index in [1.807, 2.05) is 17.0 Å². The smallest absolute Gasteiger partial charge is 0.146 e. The largest absolute Gasteiger partial charge is 0.362 e. The van der Waals surface area contributed by atoms with Crippen molar-refractivity contribution in [2.45, 2.75) is 19.9 Å². The molecule has 0 unspecified atom stereocenters. The van der Waals surface area contributed by atoms with Gasteiger partial charge in [0, 0.05) is 19.6 Å². The molecule has 0 aliphatic heterocycles. The minimum atomic E-state index is -0.206. The summed E-state index contributed by atoms with van der Waals surface area (Å²) in [6.07, 6.45) is 4.63. The summed E-state index contributed by atoms with van der Waals surface area (Å²) in [5.74, 6) is -0.206. The van der Waals surface area contributed by atoms with Crippen LogP contribution in [-0.4, -0.2) is 19.6 Å². The van der Waals surface area contributed by atoms with Crippen LogP contribution in [0.1, 0.15) is 18.9 Å².